The molecule has 3 aliphatic rings. The Bertz CT molecular complexity index is 1020. The van der Waals surface area contributed by atoms with Crippen molar-refractivity contribution >= 4 is 17.5 Å². The van der Waals surface area contributed by atoms with Gasteiger partial charge in [0.15, 0.2) is 12.0 Å². The highest BCUT2D eigenvalue weighted by molar-refractivity contribution is 5.92. The lowest BCUT2D eigenvalue weighted by Gasteiger charge is -2.38. The molecule has 32 heavy (non-hydrogen) atoms. The minimum absolute atomic E-state index is 0.0347. The molecular weight excluding hydrogens is 427 g/mol. The first kappa shape index (κ1) is 22.3. The van der Waals surface area contributed by atoms with Crippen molar-refractivity contribution in [2.45, 2.75) is 31.5 Å². The van der Waals surface area contributed by atoms with Crippen LogP contribution in [0, 0.1) is 17.6 Å². The van der Waals surface area contributed by atoms with Gasteiger partial charge in [0, 0.05) is 45.4 Å². The second kappa shape index (κ2) is 8.25. The van der Waals surface area contributed by atoms with Gasteiger partial charge in [0.25, 0.3) is 0 Å². The summed E-state index contributed by atoms with van der Waals surface area (Å²) in [7, 11) is 3.05. The molecule has 172 valence electrons. The van der Waals surface area contributed by atoms with Gasteiger partial charge in [0.2, 0.25) is 0 Å². The van der Waals surface area contributed by atoms with E-state index in [1.54, 1.807) is 4.90 Å². The van der Waals surface area contributed by atoms with E-state index in [1.165, 1.54) is 37.5 Å². The Morgan fingerprint density at radius 2 is 2.00 bits per heavy atom. The second-order valence-corrected chi connectivity index (χ2v) is 8.15. The summed E-state index contributed by atoms with van der Waals surface area (Å²) in [5.41, 5.74) is 0.288. The third-order valence-corrected chi connectivity index (χ3v) is 6.28. The largest absolute Gasteiger partial charge is 0.478 e. The van der Waals surface area contributed by atoms with Gasteiger partial charge in [0.1, 0.15) is 23.6 Å². The summed E-state index contributed by atoms with van der Waals surface area (Å²) in [5.74, 6) is -3.72. The highest BCUT2D eigenvalue weighted by Crippen LogP contribution is 2.38. The summed E-state index contributed by atoms with van der Waals surface area (Å²) in [6.07, 6.45) is 0.109. The number of fused-ring (bicyclic) bond motifs is 1. The van der Waals surface area contributed by atoms with Crippen LogP contribution in [0.15, 0.2) is 46.6 Å². The zero-order valence-electron chi connectivity index (χ0n) is 17.9. The molecule has 0 spiro atoms. The number of hydrogen-bond acceptors (Lipinski definition) is 6. The molecule has 3 atom stereocenters. The topological polar surface area (TPSA) is 74.6 Å². The van der Waals surface area contributed by atoms with Crippen LogP contribution in [-0.4, -0.2) is 67.2 Å². The number of halogens is 3. The lowest BCUT2D eigenvalue weighted by Crippen LogP contribution is -2.47. The molecule has 0 amide bonds. The highest BCUT2D eigenvalue weighted by atomic mass is 19.1. The molecule has 0 saturated carbocycles. The SMILES string of the molecule is COC1(OC)CN(C2=NC3C(=CC2F)CC(C(=O)O)=CN3c2ccc(F)cc2F)CC1C. The molecule has 10 heteroatoms. The Labute approximate surface area is 183 Å². The summed E-state index contributed by atoms with van der Waals surface area (Å²) in [6, 6.07) is 2.99. The molecule has 3 unspecified atom stereocenters. The predicted molar refractivity (Wildman–Crippen MR) is 111 cm³/mol. The van der Waals surface area contributed by atoms with Gasteiger partial charge in [-0.25, -0.2) is 23.0 Å². The Balaban J connectivity index is 1.75. The average molecular weight is 451 g/mol. The van der Waals surface area contributed by atoms with Crippen molar-refractivity contribution in [1.82, 2.24) is 4.90 Å². The number of aliphatic carboxylic acids is 1. The van der Waals surface area contributed by atoms with Crippen LogP contribution in [0.25, 0.3) is 0 Å². The maximum Gasteiger partial charge on any atom is 0.333 e. The van der Waals surface area contributed by atoms with Crippen molar-refractivity contribution in [3.05, 3.63) is 53.3 Å². The molecule has 0 radical (unpaired) electrons. The number of carbonyl (C=O) groups is 1. The molecule has 3 heterocycles. The average Bonchev–Trinajstić information content (AvgIpc) is 3.09. The molecule has 1 fully saturated rings. The summed E-state index contributed by atoms with van der Waals surface area (Å²) in [5, 5.41) is 9.50. The lowest BCUT2D eigenvalue weighted by atomic mass is 9.94. The number of benzene rings is 1. The monoisotopic (exact) mass is 451 g/mol. The summed E-state index contributed by atoms with van der Waals surface area (Å²) in [4.78, 5) is 19.2. The van der Waals surface area contributed by atoms with Crippen molar-refractivity contribution in [1.29, 1.82) is 0 Å². The first-order valence-corrected chi connectivity index (χ1v) is 10.1. The maximum absolute atomic E-state index is 15.2. The zero-order valence-corrected chi connectivity index (χ0v) is 17.9. The number of carboxylic acids is 1. The van der Waals surface area contributed by atoms with Gasteiger partial charge in [-0.3, -0.25) is 0 Å². The van der Waals surface area contributed by atoms with Crippen LogP contribution < -0.4 is 4.90 Å². The first-order chi connectivity index (χ1) is 15.2. The van der Waals surface area contributed by atoms with Crippen molar-refractivity contribution in [3.63, 3.8) is 0 Å². The number of carboxylic acid groups (broad SMARTS) is 1. The third-order valence-electron chi connectivity index (χ3n) is 6.28. The number of amidine groups is 1. The van der Waals surface area contributed by atoms with Crippen molar-refractivity contribution in [2.24, 2.45) is 10.9 Å². The Kier molecular flexibility index (Phi) is 5.76. The lowest BCUT2D eigenvalue weighted by molar-refractivity contribution is -0.216. The van der Waals surface area contributed by atoms with Gasteiger partial charge >= 0.3 is 5.97 Å². The quantitative estimate of drug-likeness (QED) is 0.560. The van der Waals surface area contributed by atoms with Crippen LogP contribution in [0.2, 0.25) is 0 Å². The van der Waals surface area contributed by atoms with Gasteiger partial charge < -0.3 is 24.4 Å². The van der Waals surface area contributed by atoms with Gasteiger partial charge in [-0.15, -0.1) is 0 Å². The summed E-state index contributed by atoms with van der Waals surface area (Å²) >= 11 is 0. The Morgan fingerprint density at radius 1 is 1.28 bits per heavy atom. The number of nitrogens with zero attached hydrogens (tertiary/aromatic N) is 3. The predicted octanol–water partition coefficient (Wildman–Crippen LogP) is 3.09. The molecular formula is C22H24F3N3O4. The Hall–Kier alpha value is -2.85. The normalized spacial score (nSPS) is 26.9. The minimum Gasteiger partial charge on any atom is -0.478 e. The molecule has 3 aliphatic heterocycles. The zero-order chi connectivity index (χ0) is 23.2. The minimum atomic E-state index is -1.58. The molecule has 4 rings (SSSR count). The highest BCUT2D eigenvalue weighted by Gasteiger charge is 2.48. The molecule has 0 bridgehead atoms. The van der Waals surface area contributed by atoms with Gasteiger partial charge in [-0.2, -0.15) is 0 Å². The van der Waals surface area contributed by atoms with E-state index in [-0.39, 0.29) is 36.0 Å². The summed E-state index contributed by atoms with van der Waals surface area (Å²) in [6.45, 7) is 2.60. The number of rotatable bonds is 4. The number of hydrogen-bond donors (Lipinski definition) is 1. The fraction of sp³-hybridized carbons (Fsp3) is 0.455. The summed E-state index contributed by atoms with van der Waals surface area (Å²) < 4.78 is 54.4. The standard InChI is InChI=1S/C22H24F3N3O4/c1-12-9-27(11-22(12,31-2)32-3)20-17(25)7-13-6-14(21(29)30)10-28(19(13)26-20)18-5-4-15(23)8-16(18)24/h4-5,7-8,10,12,17,19H,6,9,11H2,1-3H3,(H,29,30). The fourth-order valence-corrected chi connectivity index (χ4v) is 4.55. The smallest absolute Gasteiger partial charge is 0.333 e. The molecule has 0 aliphatic carbocycles. The number of alkyl halides is 1. The van der Waals surface area contributed by atoms with E-state index >= 15 is 4.39 Å². The van der Waals surface area contributed by atoms with Crippen LogP contribution in [0.4, 0.5) is 18.9 Å². The van der Waals surface area contributed by atoms with Crippen LogP contribution in [-0.2, 0) is 14.3 Å². The van der Waals surface area contributed by atoms with Crippen LogP contribution >= 0.6 is 0 Å². The maximum atomic E-state index is 15.2. The van der Waals surface area contributed by atoms with E-state index in [4.69, 9.17) is 9.47 Å². The van der Waals surface area contributed by atoms with E-state index in [1.807, 2.05) is 6.92 Å². The van der Waals surface area contributed by atoms with E-state index in [0.717, 1.165) is 6.07 Å². The third kappa shape index (κ3) is 3.67. The van der Waals surface area contributed by atoms with Crippen LogP contribution in [0.1, 0.15) is 13.3 Å². The molecule has 1 aromatic carbocycles. The van der Waals surface area contributed by atoms with Crippen LogP contribution in [0.5, 0.6) is 0 Å². The van der Waals surface area contributed by atoms with Crippen molar-refractivity contribution < 1.29 is 32.5 Å². The van der Waals surface area contributed by atoms with Gasteiger partial charge in [-0.1, -0.05) is 6.92 Å². The van der Waals surface area contributed by atoms with E-state index in [0.29, 0.717) is 18.2 Å². The molecule has 1 aromatic rings. The molecule has 7 nitrogen and oxygen atoms in total. The molecule has 1 N–H and O–H groups in total. The number of dihydropyridines is 1. The number of likely N-dealkylation sites (tertiary alicyclic amines) is 1. The second-order valence-electron chi connectivity index (χ2n) is 8.15. The van der Waals surface area contributed by atoms with Crippen molar-refractivity contribution in [2.75, 3.05) is 32.2 Å². The van der Waals surface area contributed by atoms with E-state index < -0.39 is 35.7 Å². The molecule has 1 saturated heterocycles. The Morgan fingerprint density at radius 3 is 2.59 bits per heavy atom. The number of anilines is 1. The van der Waals surface area contributed by atoms with E-state index in [2.05, 4.69) is 4.99 Å². The number of methoxy groups -OCH3 is 2. The fourth-order valence-electron chi connectivity index (χ4n) is 4.55. The van der Waals surface area contributed by atoms with Gasteiger partial charge in [0.05, 0.1) is 17.8 Å². The number of ether oxygens (including phenoxy) is 2. The first-order valence-electron chi connectivity index (χ1n) is 10.1. The molecule has 0 aromatic heterocycles. The van der Waals surface area contributed by atoms with Crippen LogP contribution in [0.3, 0.4) is 0 Å². The number of aliphatic imine (C=N–C) groups is 1. The van der Waals surface area contributed by atoms with Crippen molar-refractivity contribution in [3.8, 4) is 0 Å². The van der Waals surface area contributed by atoms with Gasteiger partial charge in [-0.05, 0) is 23.8 Å². The van der Waals surface area contributed by atoms with E-state index in [9.17, 15) is 18.7 Å².